The molecule has 0 aliphatic heterocycles. The van der Waals surface area contributed by atoms with Crippen LogP contribution < -0.4 is 5.32 Å². The van der Waals surface area contributed by atoms with Crippen LogP contribution >= 0.6 is 0 Å². The minimum absolute atomic E-state index is 0.104. The third-order valence-corrected chi connectivity index (χ3v) is 2.23. The molecule has 17 heavy (non-hydrogen) atoms. The third-order valence-electron chi connectivity index (χ3n) is 2.23. The largest absolute Gasteiger partial charge is 0.326 e. The summed E-state index contributed by atoms with van der Waals surface area (Å²) in [6, 6.07) is 6.71. The number of hydrogen-bond acceptors (Lipinski definition) is 3. The van der Waals surface area contributed by atoms with Crippen molar-refractivity contribution in [3.63, 3.8) is 0 Å². The lowest BCUT2D eigenvalue weighted by Crippen LogP contribution is -2.06. The number of anilines is 1. The molecule has 2 aromatic rings. The Balaban J connectivity index is 2.18. The molecule has 0 saturated carbocycles. The van der Waals surface area contributed by atoms with E-state index < -0.39 is 0 Å². The molecule has 0 saturated heterocycles. The van der Waals surface area contributed by atoms with Gasteiger partial charge in [-0.3, -0.25) is 14.7 Å². The van der Waals surface area contributed by atoms with E-state index in [-0.39, 0.29) is 11.7 Å². The number of nitrogens with one attached hydrogen (secondary N) is 2. The first kappa shape index (κ1) is 11.1. The molecule has 0 aliphatic carbocycles. The van der Waals surface area contributed by atoms with Gasteiger partial charge in [-0.25, -0.2) is 0 Å². The van der Waals surface area contributed by atoms with E-state index in [0.717, 1.165) is 0 Å². The quantitative estimate of drug-likeness (QED) is 0.785. The number of rotatable bonds is 3. The minimum atomic E-state index is -0.140. The molecular weight excluding hydrogens is 218 g/mol. The molecular formula is C12H11N3O2. The number of carbonyl (C=O) groups excluding carboxylic acids is 2. The highest BCUT2D eigenvalue weighted by atomic mass is 16.1. The van der Waals surface area contributed by atoms with Gasteiger partial charge in [0, 0.05) is 24.4 Å². The SMILES string of the molecule is CC(=O)Nc1ccc(C(=O)c2cn[nH]c2)cc1. The van der Waals surface area contributed by atoms with Crippen LogP contribution in [0.5, 0.6) is 0 Å². The van der Waals surface area contributed by atoms with Gasteiger partial charge in [-0.15, -0.1) is 0 Å². The fraction of sp³-hybridized carbons (Fsp3) is 0.0833. The van der Waals surface area contributed by atoms with Gasteiger partial charge in [-0.05, 0) is 24.3 Å². The lowest BCUT2D eigenvalue weighted by molar-refractivity contribution is -0.114. The van der Waals surface area contributed by atoms with Crippen molar-refractivity contribution in [2.24, 2.45) is 0 Å². The Morgan fingerprint density at radius 1 is 1.18 bits per heavy atom. The highest BCUT2D eigenvalue weighted by molar-refractivity contribution is 6.08. The molecule has 0 unspecified atom stereocenters. The fourth-order valence-corrected chi connectivity index (χ4v) is 1.45. The molecule has 0 atom stereocenters. The maximum atomic E-state index is 11.9. The van der Waals surface area contributed by atoms with Crippen LogP contribution in [0.15, 0.2) is 36.7 Å². The Morgan fingerprint density at radius 2 is 1.88 bits per heavy atom. The van der Waals surface area contributed by atoms with Gasteiger partial charge in [0.25, 0.3) is 0 Å². The highest BCUT2D eigenvalue weighted by Gasteiger charge is 2.09. The number of aromatic amines is 1. The van der Waals surface area contributed by atoms with Crippen molar-refractivity contribution >= 4 is 17.4 Å². The summed E-state index contributed by atoms with van der Waals surface area (Å²) in [5.41, 5.74) is 1.74. The first-order chi connectivity index (χ1) is 8.16. The monoisotopic (exact) mass is 229 g/mol. The summed E-state index contributed by atoms with van der Waals surface area (Å²) < 4.78 is 0. The van der Waals surface area contributed by atoms with Crippen molar-refractivity contribution in [2.75, 3.05) is 5.32 Å². The van der Waals surface area contributed by atoms with Crippen LogP contribution in [0.1, 0.15) is 22.8 Å². The molecule has 1 amide bonds. The lowest BCUT2D eigenvalue weighted by atomic mass is 10.1. The standard InChI is InChI=1S/C12H11N3O2/c1-8(16)15-11-4-2-9(3-5-11)12(17)10-6-13-14-7-10/h2-7H,1H3,(H,13,14)(H,15,16). The zero-order valence-corrected chi connectivity index (χ0v) is 9.23. The summed E-state index contributed by atoms with van der Waals surface area (Å²) in [6.45, 7) is 1.44. The van der Waals surface area contributed by atoms with Crippen molar-refractivity contribution in [1.82, 2.24) is 10.2 Å². The molecule has 2 rings (SSSR count). The van der Waals surface area contributed by atoms with E-state index in [1.165, 1.54) is 13.1 Å². The Bertz CT molecular complexity index is 529. The first-order valence-corrected chi connectivity index (χ1v) is 5.08. The molecule has 1 aromatic heterocycles. The molecule has 0 aliphatic rings. The Labute approximate surface area is 97.9 Å². The summed E-state index contributed by atoms with van der Waals surface area (Å²) in [6.07, 6.45) is 3.02. The Kier molecular flexibility index (Phi) is 3.00. The number of amides is 1. The van der Waals surface area contributed by atoms with E-state index in [9.17, 15) is 9.59 Å². The molecule has 5 nitrogen and oxygen atoms in total. The number of benzene rings is 1. The first-order valence-electron chi connectivity index (χ1n) is 5.08. The topological polar surface area (TPSA) is 74.8 Å². The van der Waals surface area contributed by atoms with E-state index in [2.05, 4.69) is 15.5 Å². The van der Waals surface area contributed by atoms with Crippen LogP contribution in [0, 0.1) is 0 Å². The average Bonchev–Trinajstić information content (AvgIpc) is 2.82. The Hall–Kier alpha value is -2.43. The second-order valence-electron chi connectivity index (χ2n) is 3.57. The van der Waals surface area contributed by atoms with Crippen molar-refractivity contribution in [3.8, 4) is 0 Å². The summed E-state index contributed by atoms with van der Waals surface area (Å²) in [7, 11) is 0. The van der Waals surface area contributed by atoms with Gasteiger partial charge in [0.05, 0.1) is 11.8 Å². The lowest BCUT2D eigenvalue weighted by Gasteiger charge is -2.02. The zero-order chi connectivity index (χ0) is 12.3. The minimum Gasteiger partial charge on any atom is -0.326 e. The van der Waals surface area contributed by atoms with Gasteiger partial charge >= 0.3 is 0 Å². The second kappa shape index (κ2) is 4.61. The van der Waals surface area contributed by atoms with Gasteiger partial charge in [0.2, 0.25) is 5.91 Å². The number of hydrogen-bond donors (Lipinski definition) is 2. The number of nitrogens with zero attached hydrogens (tertiary/aromatic N) is 1. The maximum absolute atomic E-state index is 11.9. The summed E-state index contributed by atoms with van der Waals surface area (Å²) in [5.74, 6) is -0.243. The molecule has 1 heterocycles. The van der Waals surface area contributed by atoms with E-state index >= 15 is 0 Å². The average molecular weight is 229 g/mol. The van der Waals surface area contributed by atoms with Crippen molar-refractivity contribution < 1.29 is 9.59 Å². The number of aromatic nitrogens is 2. The highest BCUT2D eigenvalue weighted by Crippen LogP contribution is 2.12. The van der Waals surface area contributed by atoms with Gasteiger partial charge in [-0.1, -0.05) is 0 Å². The van der Waals surface area contributed by atoms with Gasteiger partial charge in [0.1, 0.15) is 0 Å². The number of H-pyrrole nitrogens is 1. The molecule has 5 heteroatoms. The van der Waals surface area contributed by atoms with Crippen LogP contribution in [0.2, 0.25) is 0 Å². The molecule has 0 fully saturated rings. The predicted octanol–water partition coefficient (Wildman–Crippen LogP) is 1.60. The van der Waals surface area contributed by atoms with Crippen molar-refractivity contribution in [2.45, 2.75) is 6.92 Å². The van der Waals surface area contributed by atoms with E-state index in [4.69, 9.17) is 0 Å². The van der Waals surface area contributed by atoms with Gasteiger partial charge < -0.3 is 5.32 Å². The van der Waals surface area contributed by atoms with E-state index in [0.29, 0.717) is 16.8 Å². The van der Waals surface area contributed by atoms with Crippen molar-refractivity contribution in [1.29, 1.82) is 0 Å². The summed E-state index contributed by atoms with van der Waals surface area (Å²) >= 11 is 0. The maximum Gasteiger partial charge on any atom is 0.221 e. The summed E-state index contributed by atoms with van der Waals surface area (Å²) in [5, 5.41) is 8.95. The molecule has 1 aromatic carbocycles. The van der Waals surface area contributed by atoms with Crippen LogP contribution in [0.4, 0.5) is 5.69 Å². The van der Waals surface area contributed by atoms with Crippen LogP contribution in [-0.4, -0.2) is 21.9 Å². The number of carbonyl (C=O) groups is 2. The zero-order valence-electron chi connectivity index (χ0n) is 9.23. The second-order valence-corrected chi connectivity index (χ2v) is 3.57. The molecule has 86 valence electrons. The smallest absolute Gasteiger partial charge is 0.221 e. The summed E-state index contributed by atoms with van der Waals surface area (Å²) in [4.78, 5) is 22.7. The fourth-order valence-electron chi connectivity index (χ4n) is 1.45. The molecule has 0 radical (unpaired) electrons. The van der Waals surface area contributed by atoms with Crippen molar-refractivity contribution in [3.05, 3.63) is 47.8 Å². The predicted molar refractivity (Wildman–Crippen MR) is 62.8 cm³/mol. The molecule has 0 bridgehead atoms. The number of ketones is 1. The van der Waals surface area contributed by atoms with Gasteiger partial charge in [-0.2, -0.15) is 5.10 Å². The third kappa shape index (κ3) is 2.57. The van der Waals surface area contributed by atoms with E-state index in [1.807, 2.05) is 0 Å². The van der Waals surface area contributed by atoms with Crippen LogP contribution in [0.3, 0.4) is 0 Å². The van der Waals surface area contributed by atoms with Gasteiger partial charge in [0.15, 0.2) is 5.78 Å². The van der Waals surface area contributed by atoms with Crippen LogP contribution in [-0.2, 0) is 4.79 Å². The molecule has 0 spiro atoms. The Morgan fingerprint density at radius 3 is 2.41 bits per heavy atom. The normalized spacial score (nSPS) is 9.94. The van der Waals surface area contributed by atoms with E-state index in [1.54, 1.807) is 30.5 Å². The molecule has 2 N–H and O–H groups in total. The van der Waals surface area contributed by atoms with Crippen LogP contribution in [0.25, 0.3) is 0 Å².